The third-order valence-corrected chi connectivity index (χ3v) is 4.30. The van der Waals surface area contributed by atoms with E-state index >= 15 is 0 Å². The highest BCUT2D eigenvalue weighted by atomic mass is 35.5. The topological polar surface area (TPSA) is 68.5 Å². The Morgan fingerprint density at radius 2 is 1.70 bits per heavy atom. The summed E-state index contributed by atoms with van der Waals surface area (Å²) in [5.41, 5.74) is 0.780. The van der Waals surface area contributed by atoms with Gasteiger partial charge in [0.1, 0.15) is 5.75 Å². The first-order valence-corrected chi connectivity index (χ1v) is 8.93. The van der Waals surface area contributed by atoms with Crippen molar-refractivity contribution in [2.24, 2.45) is 0 Å². The number of halogens is 2. The molecule has 8 heteroatoms. The van der Waals surface area contributed by atoms with Crippen LogP contribution in [0.2, 0.25) is 10.0 Å². The Labute approximate surface area is 166 Å². The molecule has 0 radical (unpaired) electrons. The molecule has 0 fully saturated rings. The maximum absolute atomic E-state index is 12.5. The van der Waals surface area contributed by atoms with Crippen LogP contribution in [0.1, 0.15) is 12.8 Å². The Kier molecular flexibility index (Phi) is 5.98. The molecule has 0 N–H and O–H groups in total. The van der Waals surface area contributed by atoms with Gasteiger partial charge in [-0.2, -0.15) is 4.98 Å². The lowest BCUT2D eigenvalue weighted by molar-refractivity contribution is -0.137. The zero-order valence-electron chi connectivity index (χ0n) is 14.7. The van der Waals surface area contributed by atoms with E-state index in [4.69, 9.17) is 32.5 Å². The molecule has 0 aliphatic carbocycles. The molecule has 0 spiro atoms. The van der Waals surface area contributed by atoms with Gasteiger partial charge in [0, 0.05) is 22.7 Å². The van der Waals surface area contributed by atoms with Gasteiger partial charge in [-0.05, 0) is 55.5 Å². The number of hydrogen-bond donors (Lipinski definition) is 0. The van der Waals surface area contributed by atoms with E-state index in [1.54, 1.807) is 62.5 Å². The van der Waals surface area contributed by atoms with Gasteiger partial charge in [-0.1, -0.05) is 28.4 Å². The average Bonchev–Trinajstić information content (AvgIpc) is 3.12. The summed E-state index contributed by atoms with van der Waals surface area (Å²) in [6, 6.07) is 13.9. The van der Waals surface area contributed by atoms with Crippen molar-refractivity contribution < 1.29 is 14.1 Å². The van der Waals surface area contributed by atoms with Crippen LogP contribution in [0.4, 0.5) is 0 Å². The minimum atomic E-state index is -0.671. The number of carbonyl (C=O) groups excluding carboxylic acids is 1. The summed E-state index contributed by atoms with van der Waals surface area (Å²) in [6.07, 6.45) is -0.671. The Balaban J connectivity index is 1.60. The molecule has 0 aliphatic heterocycles. The highest BCUT2D eigenvalue weighted by Crippen LogP contribution is 2.20. The number of nitrogens with zero attached hydrogens (tertiary/aromatic N) is 3. The van der Waals surface area contributed by atoms with Crippen LogP contribution in [0, 0.1) is 0 Å². The zero-order valence-corrected chi connectivity index (χ0v) is 16.2. The molecule has 27 heavy (non-hydrogen) atoms. The van der Waals surface area contributed by atoms with Crippen molar-refractivity contribution in [3.63, 3.8) is 0 Å². The summed E-state index contributed by atoms with van der Waals surface area (Å²) < 4.78 is 10.9. The lowest BCUT2D eigenvalue weighted by atomic mass is 10.2. The van der Waals surface area contributed by atoms with Gasteiger partial charge in [-0.3, -0.25) is 4.79 Å². The van der Waals surface area contributed by atoms with Gasteiger partial charge in [-0.25, -0.2) is 0 Å². The third kappa shape index (κ3) is 4.99. The normalized spacial score (nSPS) is 11.9. The smallest absolute Gasteiger partial charge is 0.263 e. The molecule has 0 saturated heterocycles. The van der Waals surface area contributed by atoms with Crippen LogP contribution in [0.25, 0.3) is 11.4 Å². The van der Waals surface area contributed by atoms with Crippen molar-refractivity contribution >= 4 is 29.1 Å². The molecule has 2 aromatic carbocycles. The van der Waals surface area contributed by atoms with Crippen molar-refractivity contribution in [2.45, 2.75) is 19.6 Å². The molecule has 1 unspecified atom stereocenters. The quantitative estimate of drug-likeness (QED) is 0.604. The Bertz CT molecular complexity index is 911. The number of carbonyl (C=O) groups is 1. The first-order chi connectivity index (χ1) is 12.9. The molecule has 1 amide bonds. The fraction of sp³-hybridized carbons (Fsp3) is 0.211. The lowest BCUT2D eigenvalue weighted by Gasteiger charge is -2.20. The minimum absolute atomic E-state index is 0.174. The van der Waals surface area contributed by atoms with Crippen molar-refractivity contribution in [2.75, 3.05) is 7.05 Å². The van der Waals surface area contributed by atoms with Gasteiger partial charge in [0.25, 0.3) is 5.91 Å². The van der Waals surface area contributed by atoms with Crippen LogP contribution in [-0.4, -0.2) is 34.1 Å². The van der Waals surface area contributed by atoms with E-state index < -0.39 is 6.10 Å². The number of ether oxygens (including phenoxy) is 1. The maximum atomic E-state index is 12.5. The molecule has 1 aromatic heterocycles. The fourth-order valence-corrected chi connectivity index (χ4v) is 2.65. The molecule has 140 valence electrons. The number of rotatable bonds is 6. The monoisotopic (exact) mass is 405 g/mol. The van der Waals surface area contributed by atoms with E-state index in [0.717, 1.165) is 5.56 Å². The van der Waals surface area contributed by atoms with E-state index in [2.05, 4.69) is 10.1 Å². The van der Waals surface area contributed by atoms with E-state index in [0.29, 0.717) is 27.5 Å². The first kappa shape index (κ1) is 19.2. The van der Waals surface area contributed by atoms with Gasteiger partial charge in [0.15, 0.2) is 6.10 Å². The predicted molar refractivity (Wildman–Crippen MR) is 103 cm³/mol. The van der Waals surface area contributed by atoms with E-state index in [1.165, 1.54) is 4.90 Å². The number of hydrogen-bond acceptors (Lipinski definition) is 5. The molecule has 1 atom stereocenters. The van der Waals surface area contributed by atoms with Gasteiger partial charge >= 0.3 is 0 Å². The minimum Gasteiger partial charge on any atom is -0.481 e. The molecular formula is C19H17Cl2N3O3. The van der Waals surface area contributed by atoms with Gasteiger partial charge in [0.05, 0.1) is 6.54 Å². The van der Waals surface area contributed by atoms with Gasteiger partial charge in [-0.15, -0.1) is 0 Å². The Hall–Kier alpha value is -2.57. The van der Waals surface area contributed by atoms with Crippen LogP contribution in [0.3, 0.4) is 0 Å². The molecule has 0 bridgehead atoms. The number of benzene rings is 2. The van der Waals surface area contributed by atoms with E-state index in [9.17, 15) is 4.79 Å². The molecular weight excluding hydrogens is 389 g/mol. The van der Waals surface area contributed by atoms with Gasteiger partial charge < -0.3 is 14.2 Å². The summed E-state index contributed by atoms with van der Waals surface area (Å²) >= 11 is 11.7. The standard InChI is InChI=1S/C19H17Cl2N3O3/c1-12(26-16-9-7-15(21)8-10-16)19(25)24(2)11-17-22-18(23-27-17)13-3-5-14(20)6-4-13/h3-10,12H,11H2,1-2H3. The second-order valence-electron chi connectivity index (χ2n) is 5.93. The summed E-state index contributed by atoms with van der Waals surface area (Å²) in [5, 5.41) is 5.17. The summed E-state index contributed by atoms with van der Waals surface area (Å²) in [5.74, 6) is 1.12. The molecule has 1 heterocycles. The van der Waals surface area contributed by atoms with Crippen LogP contribution in [-0.2, 0) is 11.3 Å². The maximum Gasteiger partial charge on any atom is 0.263 e. The molecule has 3 rings (SSSR count). The van der Waals surface area contributed by atoms with E-state index in [-0.39, 0.29) is 12.5 Å². The van der Waals surface area contributed by atoms with Crippen LogP contribution >= 0.6 is 23.2 Å². The molecule has 0 saturated carbocycles. The second kappa shape index (κ2) is 8.41. The summed E-state index contributed by atoms with van der Waals surface area (Å²) in [4.78, 5) is 18.3. The SMILES string of the molecule is CC(Oc1ccc(Cl)cc1)C(=O)N(C)Cc1nc(-c2ccc(Cl)cc2)no1. The highest BCUT2D eigenvalue weighted by molar-refractivity contribution is 6.30. The molecule has 0 aliphatic rings. The van der Waals surface area contributed by atoms with Crippen molar-refractivity contribution in [3.8, 4) is 17.1 Å². The van der Waals surface area contributed by atoms with Crippen LogP contribution < -0.4 is 4.74 Å². The van der Waals surface area contributed by atoms with Crippen LogP contribution in [0.15, 0.2) is 53.1 Å². The van der Waals surface area contributed by atoms with E-state index in [1.807, 2.05) is 0 Å². The number of amides is 1. The Morgan fingerprint density at radius 1 is 1.11 bits per heavy atom. The molecule has 6 nitrogen and oxygen atoms in total. The van der Waals surface area contributed by atoms with Gasteiger partial charge in [0.2, 0.25) is 11.7 Å². The van der Waals surface area contributed by atoms with Crippen molar-refractivity contribution in [1.82, 2.24) is 15.0 Å². The number of likely N-dealkylation sites (N-methyl/N-ethyl adjacent to an activating group) is 1. The first-order valence-electron chi connectivity index (χ1n) is 8.18. The number of aromatic nitrogens is 2. The summed E-state index contributed by atoms with van der Waals surface area (Å²) in [6.45, 7) is 1.86. The predicted octanol–water partition coefficient (Wildman–Crippen LogP) is 4.47. The zero-order chi connectivity index (χ0) is 19.4. The third-order valence-electron chi connectivity index (χ3n) is 3.79. The van der Waals surface area contributed by atoms with Crippen molar-refractivity contribution in [3.05, 3.63) is 64.5 Å². The molecule has 3 aromatic rings. The summed E-state index contributed by atoms with van der Waals surface area (Å²) in [7, 11) is 1.65. The van der Waals surface area contributed by atoms with Crippen molar-refractivity contribution in [1.29, 1.82) is 0 Å². The average molecular weight is 406 g/mol. The lowest BCUT2D eigenvalue weighted by Crippen LogP contribution is -2.37. The van der Waals surface area contributed by atoms with Crippen LogP contribution in [0.5, 0.6) is 5.75 Å². The second-order valence-corrected chi connectivity index (χ2v) is 6.80. The fourth-order valence-electron chi connectivity index (χ4n) is 2.39. The highest BCUT2D eigenvalue weighted by Gasteiger charge is 2.21. The largest absolute Gasteiger partial charge is 0.481 e. The Morgan fingerprint density at radius 3 is 2.33 bits per heavy atom.